The topological polar surface area (TPSA) is 35.8 Å². The first-order valence-corrected chi connectivity index (χ1v) is 6.16. The van der Waals surface area contributed by atoms with Crippen LogP contribution in [-0.2, 0) is 6.54 Å². The second-order valence-electron chi connectivity index (χ2n) is 4.23. The van der Waals surface area contributed by atoms with Gasteiger partial charge in [-0.2, -0.15) is 5.26 Å². The molecule has 19 heavy (non-hydrogen) atoms. The van der Waals surface area contributed by atoms with Crippen molar-refractivity contribution in [2.24, 2.45) is 0 Å². The van der Waals surface area contributed by atoms with Crippen LogP contribution in [0.4, 0.5) is 10.1 Å². The molecule has 96 valence electrons. The Bertz CT molecular complexity index is 647. The Hall–Kier alpha value is -2.05. The number of nitriles is 1. The van der Waals surface area contributed by atoms with Gasteiger partial charge in [0.25, 0.3) is 0 Å². The van der Waals surface area contributed by atoms with Crippen molar-refractivity contribution in [3.63, 3.8) is 0 Å². The first-order valence-electron chi connectivity index (χ1n) is 5.78. The highest BCUT2D eigenvalue weighted by Gasteiger charge is 2.05. The van der Waals surface area contributed by atoms with Crippen LogP contribution in [-0.4, -0.2) is 0 Å². The van der Waals surface area contributed by atoms with Crippen molar-refractivity contribution in [1.82, 2.24) is 0 Å². The summed E-state index contributed by atoms with van der Waals surface area (Å²) >= 11 is 5.90. The molecule has 2 rings (SSSR count). The summed E-state index contributed by atoms with van der Waals surface area (Å²) in [4.78, 5) is 0. The van der Waals surface area contributed by atoms with Gasteiger partial charge in [-0.15, -0.1) is 0 Å². The van der Waals surface area contributed by atoms with E-state index in [1.54, 1.807) is 24.3 Å². The van der Waals surface area contributed by atoms with Crippen LogP contribution in [0.2, 0.25) is 5.02 Å². The molecule has 2 aromatic carbocycles. The van der Waals surface area contributed by atoms with E-state index in [0.29, 0.717) is 22.8 Å². The molecule has 4 heteroatoms. The lowest BCUT2D eigenvalue weighted by atomic mass is 10.1. The summed E-state index contributed by atoms with van der Waals surface area (Å²) in [7, 11) is 0. The van der Waals surface area contributed by atoms with Gasteiger partial charge in [-0.05, 0) is 48.4 Å². The van der Waals surface area contributed by atoms with E-state index >= 15 is 0 Å². The van der Waals surface area contributed by atoms with Gasteiger partial charge in [0, 0.05) is 11.6 Å². The third-order valence-electron chi connectivity index (χ3n) is 2.88. The lowest BCUT2D eigenvalue weighted by molar-refractivity contribution is 0.625. The summed E-state index contributed by atoms with van der Waals surface area (Å²) in [6, 6.07) is 11.7. The first kappa shape index (κ1) is 13.4. The summed E-state index contributed by atoms with van der Waals surface area (Å²) < 4.78 is 13.2. The minimum Gasteiger partial charge on any atom is -0.380 e. The van der Waals surface area contributed by atoms with Crippen LogP contribution in [0.15, 0.2) is 36.4 Å². The average molecular weight is 275 g/mol. The molecule has 2 nitrogen and oxygen atoms in total. The van der Waals surface area contributed by atoms with E-state index in [0.717, 1.165) is 11.1 Å². The van der Waals surface area contributed by atoms with Gasteiger partial charge >= 0.3 is 0 Å². The summed E-state index contributed by atoms with van der Waals surface area (Å²) in [5.74, 6) is -0.269. The van der Waals surface area contributed by atoms with Gasteiger partial charge in [0.1, 0.15) is 11.9 Å². The van der Waals surface area contributed by atoms with E-state index in [-0.39, 0.29) is 5.82 Å². The van der Waals surface area contributed by atoms with Gasteiger partial charge in [-0.3, -0.25) is 0 Å². The number of nitrogens with one attached hydrogen (secondary N) is 1. The molecule has 0 saturated carbocycles. The SMILES string of the molecule is Cc1ccc(F)cc1CNc1cc(Cl)ccc1C#N. The van der Waals surface area contributed by atoms with Crippen LogP contribution in [0.1, 0.15) is 16.7 Å². The summed E-state index contributed by atoms with van der Waals surface area (Å²) in [6.07, 6.45) is 0. The minimum absolute atomic E-state index is 0.269. The molecule has 0 aliphatic heterocycles. The number of hydrogen-bond acceptors (Lipinski definition) is 2. The zero-order valence-corrected chi connectivity index (χ0v) is 11.1. The molecule has 0 bridgehead atoms. The Morgan fingerprint density at radius 3 is 2.79 bits per heavy atom. The molecule has 0 heterocycles. The van der Waals surface area contributed by atoms with Crippen molar-refractivity contribution < 1.29 is 4.39 Å². The zero-order valence-electron chi connectivity index (χ0n) is 10.4. The Morgan fingerprint density at radius 1 is 1.26 bits per heavy atom. The molecule has 0 amide bonds. The normalized spacial score (nSPS) is 10.0. The average Bonchev–Trinajstić information content (AvgIpc) is 2.40. The van der Waals surface area contributed by atoms with Crippen molar-refractivity contribution in [1.29, 1.82) is 5.26 Å². The highest BCUT2D eigenvalue weighted by molar-refractivity contribution is 6.30. The molecule has 0 atom stereocenters. The number of halogens is 2. The van der Waals surface area contributed by atoms with Crippen LogP contribution < -0.4 is 5.32 Å². The van der Waals surface area contributed by atoms with E-state index in [1.165, 1.54) is 12.1 Å². The van der Waals surface area contributed by atoms with E-state index in [9.17, 15) is 4.39 Å². The summed E-state index contributed by atoms with van der Waals surface area (Å²) in [5, 5.41) is 12.7. The second-order valence-corrected chi connectivity index (χ2v) is 4.66. The van der Waals surface area contributed by atoms with E-state index in [1.807, 2.05) is 6.92 Å². The second kappa shape index (κ2) is 5.73. The maximum atomic E-state index is 13.2. The summed E-state index contributed by atoms with van der Waals surface area (Å²) in [5.41, 5.74) is 3.01. The Balaban J connectivity index is 2.21. The Labute approximate surface area is 116 Å². The van der Waals surface area contributed by atoms with Crippen LogP contribution in [0, 0.1) is 24.1 Å². The molecule has 0 aliphatic carbocycles. The third-order valence-corrected chi connectivity index (χ3v) is 3.12. The number of aryl methyl sites for hydroxylation is 1. The van der Waals surface area contributed by atoms with Gasteiger partial charge in [0.2, 0.25) is 0 Å². The molecular weight excluding hydrogens is 263 g/mol. The smallest absolute Gasteiger partial charge is 0.123 e. The fourth-order valence-corrected chi connectivity index (χ4v) is 1.95. The quantitative estimate of drug-likeness (QED) is 0.907. The number of rotatable bonds is 3. The number of nitrogens with zero attached hydrogens (tertiary/aromatic N) is 1. The predicted octanol–water partition coefficient (Wildman–Crippen LogP) is 4.27. The van der Waals surface area contributed by atoms with E-state index in [4.69, 9.17) is 16.9 Å². The molecule has 0 saturated heterocycles. The molecular formula is C15H12ClFN2. The maximum absolute atomic E-state index is 13.2. The molecule has 0 unspecified atom stereocenters. The number of benzene rings is 2. The highest BCUT2D eigenvalue weighted by Crippen LogP contribution is 2.21. The molecule has 0 aliphatic rings. The van der Waals surface area contributed by atoms with Gasteiger partial charge in [-0.25, -0.2) is 4.39 Å². The fraction of sp³-hybridized carbons (Fsp3) is 0.133. The van der Waals surface area contributed by atoms with Crippen LogP contribution in [0.25, 0.3) is 0 Å². The standard InChI is InChI=1S/C15H12ClFN2/c1-10-2-5-14(17)6-12(10)9-19-15-7-13(16)4-3-11(15)8-18/h2-7,19H,9H2,1H3. The highest BCUT2D eigenvalue weighted by atomic mass is 35.5. The summed E-state index contributed by atoms with van der Waals surface area (Å²) in [6.45, 7) is 2.36. The predicted molar refractivity (Wildman–Crippen MR) is 74.6 cm³/mol. The van der Waals surface area contributed by atoms with Crippen LogP contribution >= 0.6 is 11.6 Å². The van der Waals surface area contributed by atoms with Crippen molar-refractivity contribution in [3.05, 3.63) is 63.9 Å². The molecule has 0 fully saturated rings. The monoisotopic (exact) mass is 274 g/mol. The third kappa shape index (κ3) is 3.24. The number of hydrogen-bond donors (Lipinski definition) is 1. The van der Waals surface area contributed by atoms with Crippen molar-refractivity contribution in [2.75, 3.05) is 5.32 Å². The van der Waals surface area contributed by atoms with Crippen LogP contribution in [0.3, 0.4) is 0 Å². The van der Waals surface area contributed by atoms with Crippen molar-refractivity contribution in [2.45, 2.75) is 13.5 Å². The lowest BCUT2D eigenvalue weighted by Crippen LogP contribution is -2.03. The molecule has 0 spiro atoms. The fourth-order valence-electron chi connectivity index (χ4n) is 1.78. The minimum atomic E-state index is -0.269. The maximum Gasteiger partial charge on any atom is 0.123 e. The van der Waals surface area contributed by atoms with E-state index in [2.05, 4.69) is 11.4 Å². The molecule has 2 aromatic rings. The Morgan fingerprint density at radius 2 is 2.05 bits per heavy atom. The molecule has 1 N–H and O–H groups in total. The van der Waals surface area contributed by atoms with Crippen molar-refractivity contribution in [3.8, 4) is 6.07 Å². The zero-order chi connectivity index (χ0) is 13.8. The van der Waals surface area contributed by atoms with E-state index < -0.39 is 0 Å². The first-order chi connectivity index (χ1) is 9.10. The molecule has 0 aromatic heterocycles. The van der Waals surface area contributed by atoms with Gasteiger partial charge in [0.05, 0.1) is 11.3 Å². The molecule has 0 radical (unpaired) electrons. The van der Waals surface area contributed by atoms with Gasteiger partial charge in [0.15, 0.2) is 0 Å². The van der Waals surface area contributed by atoms with Crippen LogP contribution in [0.5, 0.6) is 0 Å². The van der Waals surface area contributed by atoms with Gasteiger partial charge < -0.3 is 5.32 Å². The van der Waals surface area contributed by atoms with Crippen molar-refractivity contribution >= 4 is 17.3 Å². The Kier molecular flexibility index (Phi) is 4.03. The largest absolute Gasteiger partial charge is 0.380 e. The van der Waals surface area contributed by atoms with Gasteiger partial charge in [-0.1, -0.05) is 17.7 Å². The lowest BCUT2D eigenvalue weighted by Gasteiger charge is -2.11. The number of anilines is 1.